The molecular weight excluding hydrogens is 236 g/mol. The molecule has 104 valence electrons. The normalized spacial score (nSPS) is 17.4. The zero-order chi connectivity index (χ0) is 13.4. The number of aliphatic hydroxyl groups is 1. The van der Waals surface area contributed by atoms with E-state index < -0.39 is 11.8 Å². The summed E-state index contributed by atoms with van der Waals surface area (Å²) in [5, 5.41) is 19.8. The number of aliphatic hydroxyl groups excluding tert-OH is 1. The van der Waals surface area contributed by atoms with Crippen molar-refractivity contribution in [3.63, 3.8) is 0 Å². The predicted molar refractivity (Wildman–Crippen MR) is 64.7 cm³/mol. The van der Waals surface area contributed by atoms with Gasteiger partial charge in [0.1, 0.15) is 0 Å². The average Bonchev–Trinajstić information content (AvgIpc) is 2.87. The molecule has 0 spiro atoms. The number of hydroxylamine groups is 1. The molecule has 6 heteroatoms. The van der Waals surface area contributed by atoms with Gasteiger partial charge in [0.15, 0.2) is 0 Å². The van der Waals surface area contributed by atoms with Gasteiger partial charge in [-0.2, -0.15) is 0 Å². The van der Waals surface area contributed by atoms with Gasteiger partial charge in [0.25, 0.3) is 0 Å². The quantitative estimate of drug-likeness (QED) is 0.387. The van der Waals surface area contributed by atoms with Crippen molar-refractivity contribution in [3.05, 3.63) is 0 Å². The second-order valence-corrected chi connectivity index (χ2v) is 4.84. The minimum Gasteiger partial charge on any atom is -0.395 e. The highest BCUT2D eigenvalue weighted by atomic mass is 16.5. The van der Waals surface area contributed by atoms with Gasteiger partial charge >= 0.3 is 0 Å². The van der Waals surface area contributed by atoms with Crippen molar-refractivity contribution < 1.29 is 19.9 Å². The molecule has 0 unspecified atom stereocenters. The fourth-order valence-corrected chi connectivity index (χ4v) is 2.52. The van der Waals surface area contributed by atoms with Gasteiger partial charge in [-0.25, -0.2) is 5.48 Å². The molecule has 1 aliphatic carbocycles. The third-order valence-electron chi connectivity index (χ3n) is 3.43. The van der Waals surface area contributed by atoms with Crippen LogP contribution in [-0.2, 0) is 9.59 Å². The summed E-state index contributed by atoms with van der Waals surface area (Å²) in [4.78, 5) is 23.0. The minimum absolute atomic E-state index is 0.00966. The van der Waals surface area contributed by atoms with Gasteiger partial charge < -0.3 is 10.4 Å². The van der Waals surface area contributed by atoms with E-state index in [9.17, 15) is 9.59 Å². The lowest BCUT2D eigenvalue weighted by atomic mass is 9.90. The third-order valence-corrected chi connectivity index (χ3v) is 3.43. The van der Waals surface area contributed by atoms with Crippen molar-refractivity contribution in [3.8, 4) is 0 Å². The largest absolute Gasteiger partial charge is 0.395 e. The van der Waals surface area contributed by atoms with Crippen molar-refractivity contribution in [2.24, 2.45) is 11.8 Å². The van der Waals surface area contributed by atoms with Crippen molar-refractivity contribution in [2.75, 3.05) is 13.2 Å². The Bertz CT molecular complexity index is 277. The molecule has 1 fully saturated rings. The van der Waals surface area contributed by atoms with Crippen molar-refractivity contribution in [2.45, 2.75) is 38.5 Å². The molecular formula is C12H22N2O4. The van der Waals surface area contributed by atoms with Gasteiger partial charge in [0.2, 0.25) is 11.8 Å². The third kappa shape index (κ3) is 5.01. The molecule has 0 bridgehead atoms. The predicted octanol–water partition coefficient (Wildman–Crippen LogP) is 0.187. The molecule has 0 aromatic rings. The maximum atomic E-state index is 11.9. The zero-order valence-electron chi connectivity index (χ0n) is 10.5. The maximum Gasteiger partial charge on any atom is 0.244 e. The molecule has 6 nitrogen and oxygen atoms in total. The Labute approximate surface area is 107 Å². The molecule has 0 aromatic carbocycles. The minimum atomic E-state index is -0.544. The first-order valence-electron chi connectivity index (χ1n) is 6.49. The molecule has 0 saturated heterocycles. The maximum absolute atomic E-state index is 11.9. The highest BCUT2D eigenvalue weighted by Crippen LogP contribution is 2.31. The molecule has 0 aromatic heterocycles. The number of hydrogen-bond donors (Lipinski definition) is 4. The summed E-state index contributed by atoms with van der Waals surface area (Å²) >= 11 is 0. The Morgan fingerprint density at radius 1 is 1.28 bits per heavy atom. The average molecular weight is 258 g/mol. The number of amides is 2. The van der Waals surface area contributed by atoms with E-state index in [0.717, 1.165) is 12.8 Å². The van der Waals surface area contributed by atoms with Gasteiger partial charge in [-0.05, 0) is 12.3 Å². The van der Waals surface area contributed by atoms with Gasteiger partial charge in [-0.15, -0.1) is 0 Å². The molecule has 1 saturated carbocycles. The number of nitrogens with one attached hydrogen (secondary N) is 2. The topological polar surface area (TPSA) is 98.7 Å². The lowest BCUT2D eigenvalue weighted by Gasteiger charge is -2.19. The summed E-state index contributed by atoms with van der Waals surface area (Å²) in [6.45, 7) is 0.0782. The molecule has 0 heterocycles. The Balaban J connectivity index is 2.49. The first-order valence-corrected chi connectivity index (χ1v) is 6.49. The van der Waals surface area contributed by atoms with E-state index in [4.69, 9.17) is 10.3 Å². The monoisotopic (exact) mass is 258 g/mol. The van der Waals surface area contributed by atoms with Crippen LogP contribution in [0.1, 0.15) is 38.5 Å². The van der Waals surface area contributed by atoms with Crippen molar-refractivity contribution >= 4 is 11.8 Å². The molecule has 18 heavy (non-hydrogen) atoms. The fraction of sp³-hybridized carbons (Fsp3) is 0.833. The van der Waals surface area contributed by atoms with Gasteiger partial charge in [-0.1, -0.05) is 25.7 Å². The molecule has 2 amide bonds. The fourth-order valence-electron chi connectivity index (χ4n) is 2.52. The number of hydrogen-bond acceptors (Lipinski definition) is 4. The lowest BCUT2D eigenvalue weighted by molar-refractivity contribution is -0.135. The highest BCUT2D eigenvalue weighted by Gasteiger charge is 2.26. The Hall–Kier alpha value is -1.14. The van der Waals surface area contributed by atoms with Crippen LogP contribution in [0.2, 0.25) is 0 Å². The van der Waals surface area contributed by atoms with E-state index in [0.29, 0.717) is 12.3 Å². The second kappa shape index (κ2) is 8.05. The van der Waals surface area contributed by atoms with Gasteiger partial charge in [-0.3, -0.25) is 14.8 Å². The summed E-state index contributed by atoms with van der Waals surface area (Å²) in [5.41, 5.74) is 1.56. The van der Waals surface area contributed by atoms with Crippen LogP contribution in [0.4, 0.5) is 0 Å². The van der Waals surface area contributed by atoms with Crippen LogP contribution >= 0.6 is 0 Å². The van der Waals surface area contributed by atoms with E-state index in [1.54, 1.807) is 5.48 Å². The molecule has 0 radical (unpaired) electrons. The summed E-state index contributed by atoms with van der Waals surface area (Å²) < 4.78 is 0. The smallest absolute Gasteiger partial charge is 0.244 e. The van der Waals surface area contributed by atoms with Crippen LogP contribution < -0.4 is 10.8 Å². The van der Waals surface area contributed by atoms with E-state index in [-0.39, 0.29) is 25.5 Å². The number of carbonyl (C=O) groups is 2. The van der Waals surface area contributed by atoms with Crippen LogP contribution in [0.15, 0.2) is 0 Å². The summed E-state index contributed by atoms with van der Waals surface area (Å²) in [7, 11) is 0. The Morgan fingerprint density at radius 3 is 2.50 bits per heavy atom. The molecule has 4 N–H and O–H groups in total. The molecule has 1 rings (SSSR count). The van der Waals surface area contributed by atoms with Crippen LogP contribution in [0.3, 0.4) is 0 Å². The van der Waals surface area contributed by atoms with Crippen LogP contribution in [0.5, 0.6) is 0 Å². The van der Waals surface area contributed by atoms with E-state index in [1.165, 1.54) is 12.8 Å². The van der Waals surface area contributed by atoms with Crippen LogP contribution in [0.25, 0.3) is 0 Å². The summed E-state index contributed by atoms with van der Waals surface area (Å²) in [6, 6.07) is 0. The molecule has 0 aliphatic heterocycles. The standard InChI is InChI=1S/C12H22N2O4/c15-6-5-13-12(17)10(8-11(16)14-18)7-9-3-1-2-4-9/h9-10,15,18H,1-8H2,(H,13,17)(H,14,16)/t10-/m1/s1. The van der Waals surface area contributed by atoms with Crippen LogP contribution in [-0.4, -0.2) is 35.3 Å². The summed E-state index contributed by atoms with van der Waals surface area (Å²) in [6.07, 6.45) is 5.23. The number of carbonyl (C=O) groups excluding carboxylic acids is 2. The Kier molecular flexibility index (Phi) is 6.67. The van der Waals surface area contributed by atoms with Gasteiger partial charge in [0.05, 0.1) is 6.61 Å². The first kappa shape index (κ1) is 14.9. The van der Waals surface area contributed by atoms with E-state index in [2.05, 4.69) is 5.32 Å². The van der Waals surface area contributed by atoms with Crippen LogP contribution in [0, 0.1) is 11.8 Å². The second-order valence-electron chi connectivity index (χ2n) is 4.84. The van der Waals surface area contributed by atoms with E-state index >= 15 is 0 Å². The first-order chi connectivity index (χ1) is 8.67. The summed E-state index contributed by atoms with van der Waals surface area (Å²) in [5.74, 6) is -0.704. The van der Waals surface area contributed by atoms with Crippen molar-refractivity contribution in [1.29, 1.82) is 0 Å². The zero-order valence-corrected chi connectivity index (χ0v) is 10.5. The molecule has 1 atom stereocenters. The lowest BCUT2D eigenvalue weighted by Crippen LogP contribution is -2.36. The van der Waals surface area contributed by atoms with Crippen molar-refractivity contribution in [1.82, 2.24) is 10.8 Å². The highest BCUT2D eigenvalue weighted by molar-refractivity contribution is 5.85. The number of rotatable bonds is 7. The Morgan fingerprint density at radius 2 is 1.94 bits per heavy atom. The van der Waals surface area contributed by atoms with Gasteiger partial charge in [0, 0.05) is 18.9 Å². The van der Waals surface area contributed by atoms with E-state index in [1.807, 2.05) is 0 Å². The molecule has 1 aliphatic rings. The SMILES string of the molecule is O=C(C[C@@H](CC1CCCC1)C(=O)NCCO)NO.